The Morgan fingerprint density at radius 1 is 1.19 bits per heavy atom. The highest BCUT2D eigenvalue weighted by Gasteiger charge is 2.26. The molecule has 3 N–H and O–H groups in total. The van der Waals surface area contributed by atoms with Crippen LogP contribution >= 0.6 is 0 Å². The molecular formula is C21H27N3O3. The number of ether oxygens (including phenoxy) is 1. The van der Waals surface area contributed by atoms with Crippen LogP contribution in [-0.4, -0.2) is 43.5 Å². The number of methoxy groups -OCH3 is 1. The van der Waals surface area contributed by atoms with Gasteiger partial charge in [-0.15, -0.1) is 0 Å². The molecule has 1 aliphatic rings. The molecule has 1 fully saturated rings. The fourth-order valence-corrected chi connectivity index (χ4v) is 3.63. The normalized spacial score (nSPS) is 16.8. The number of carbonyl (C=O) groups excluding carboxylic acids is 2. The fraction of sp³-hybridized carbons (Fsp3) is 0.429. The van der Waals surface area contributed by atoms with Crippen molar-refractivity contribution in [2.75, 3.05) is 26.7 Å². The Morgan fingerprint density at radius 2 is 1.85 bits per heavy atom. The van der Waals surface area contributed by atoms with Crippen molar-refractivity contribution in [1.29, 1.82) is 0 Å². The van der Waals surface area contributed by atoms with E-state index in [9.17, 15) is 9.59 Å². The van der Waals surface area contributed by atoms with Crippen molar-refractivity contribution in [3.63, 3.8) is 0 Å². The van der Waals surface area contributed by atoms with E-state index in [-0.39, 0.29) is 30.3 Å². The van der Waals surface area contributed by atoms with Crippen LogP contribution in [0.15, 0.2) is 36.4 Å². The lowest BCUT2D eigenvalue weighted by Crippen LogP contribution is -2.43. The first-order chi connectivity index (χ1) is 13.0. The summed E-state index contributed by atoms with van der Waals surface area (Å²) in [5.74, 6) is 0.581. The molecule has 6 nitrogen and oxygen atoms in total. The lowest BCUT2D eigenvalue weighted by atomic mass is 9.95. The maximum atomic E-state index is 12.6. The summed E-state index contributed by atoms with van der Waals surface area (Å²) < 4.78 is 5.26. The van der Waals surface area contributed by atoms with Crippen LogP contribution in [0.4, 0.5) is 0 Å². The molecule has 6 heteroatoms. The van der Waals surface area contributed by atoms with Crippen LogP contribution in [-0.2, 0) is 9.59 Å². The van der Waals surface area contributed by atoms with Crippen LogP contribution in [0.3, 0.4) is 0 Å². The van der Waals surface area contributed by atoms with E-state index in [0.717, 1.165) is 48.0 Å². The van der Waals surface area contributed by atoms with Gasteiger partial charge in [0.25, 0.3) is 0 Å². The summed E-state index contributed by atoms with van der Waals surface area (Å²) in [4.78, 5) is 25.6. The lowest BCUT2D eigenvalue weighted by Gasteiger charge is -2.31. The van der Waals surface area contributed by atoms with E-state index in [4.69, 9.17) is 10.5 Å². The van der Waals surface area contributed by atoms with E-state index >= 15 is 0 Å². The molecule has 1 aliphatic heterocycles. The molecule has 3 rings (SSSR count). The molecular weight excluding hydrogens is 342 g/mol. The summed E-state index contributed by atoms with van der Waals surface area (Å²) in [6.07, 6.45) is 1.51. The molecule has 1 saturated heterocycles. The minimum atomic E-state index is -0.319. The minimum absolute atomic E-state index is 0.0127. The standard InChI is InChI=1S/C21H27N3O3/c1-14(16-3-4-18-12-19(27-2)6-5-17(18)11-16)23-21(26)15-7-9-24(10-8-15)13-20(22)25/h3-6,11-12,14-15H,7-10,13H2,1-2H3,(H2,22,25)(H,23,26)/t14-/m0/s1. The molecule has 2 amide bonds. The number of nitrogens with zero attached hydrogens (tertiary/aromatic N) is 1. The van der Waals surface area contributed by atoms with Gasteiger partial charge in [-0.2, -0.15) is 0 Å². The number of rotatable bonds is 6. The number of piperidine rings is 1. The fourth-order valence-electron chi connectivity index (χ4n) is 3.63. The van der Waals surface area contributed by atoms with Gasteiger partial charge in [0.15, 0.2) is 0 Å². The number of nitrogens with one attached hydrogen (secondary N) is 1. The van der Waals surface area contributed by atoms with Crippen LogP contribution in [0.25, 0.3) is 10.8 Å². The Bertz CT molecular complexity index is 829. The number of hydrogen-bond donors (Lipinski definition) is 2. The predicted octanol–water partition coefficient (Wildman–Crippen LogP) is 2.22. The van der Waals surface area contributed by atoms with Gasteiger partial charge < -0.3 is 15.8 Å². The lowest BCUT2D eigenvalue weighted by molar-refractivity contribution is -0.127. The Hall–Kier alpha value is -2.60. The van der Waals surface area contributed by atoms with Crippen LogP contribution in [0, 0.1) is 5.92 Å². The number of hydrogen-bond acceptors (Lipinski definition) is 4. The van der Waals surface area contributed by atoms with Gasteiger partial charge in [-0.25, -0.2) is 0 Å². The molecule has 0 radical (unpaired) electrons. The summed E-state index contributed by atoms with van der Waals surface area (Å²) in [5.41, 5.74) is 6.31. The summed E-state index contributed by atoms with van der Waals surface area (Å²) in [6, 6.07) is 12.1. The van der Waals surface area contributed by atoms with Crippen molar-refractivity contribution in [3.8, 4) is 5.75 Å². The first-order valence-corrected chi connectivity index (χ1v) is 9.35. The molecule has 144 valence electrons. The number of nitrogens with two attached hydrogens (primary N) is 1. The predicted molar refractivity (Wildman–Crippen MR) is 105 cm³/mol. The van der Waals surface area contributed by atoms with Crippen molar-refractivity contribution < 1.29 is 14.3 Å². The van der Waals surface area contributed by atoms with E-state index in [2.05, 4.69) is 17.4 Å². The molecule has 0 aliphatic carbocycles. The molecule has 2 aromatic rings. The summed E-state index contributed by atoms with van der Waals surface area (Å²) in [5, 5.41) is 5.36. The average molecular weight is 369 g/mol. The number of amides is 2. The summed E-state index contributed by atoms with van der Waals surface area (Å²) >= 11 is 0. The molecule has 0 unspecified atom stereocenters. The second kappa shape index (κ2) is 8.39. The molecule has 0 spiro atoms. The second-order valence-corrected chi connectivity index (χ2v) is 7.22. The van der Waals surface area contributed by atoms with Gasteiger partial charge in [-0.3, -0.25) is 14.5 Å². The molecule has 1 heterocycles. The number of benzene rings is 2. The van der Waals surface area contributed by atoms with E-state index in [1.165, 1.54) is 0 Å². The van der Waals surface area contributed by atoms with Crippen LogP contribution in [0.1, 0.15) is 31.4 Å². The Labute approximate surface area is 159 Å². The molecule has 27 heavy (non-hydrogen) atoms. The highest BCUT2D eigenvalue weighted by atomic mass is 16.5. The van der Waals surface area contributed by atoms with E-state index in [1.807, 2.05) is 36.1 Å². The van der Waals surface area contributed by atoms with Crippen molar-refractivity contribution >= 4 is 22.6 Å². The highest BCUT2D eigenvalue weighted by molar-refractivity contribution is 5.85. The quantitative estimate of drug-likeness (QED) is 0.818. The first kappa shape index (κ1) is 19.2. The third kappa shape index (κ3) is 4.77. The van der Waals surface area contributed by atoms with E-state index in [1.54, 1.807) is 7.11 Å². The Kier molecular flexibility index (Phi) is 5.96. The molecule has 0 aromatic heterocycles. The van der Waals surface area contributed by atoms with Gasteiger partial charge >= 0.3 is 0 Å². The maximum absolute atomic E-state index is 12.6. The third-order valence-electron chi connectivity index (χ3n) is 5.27. The molecule has 0 saturated carbocycles. The highest BCUT2D eigenvalue weighted by Crippen LogP contribution is 2.25. The number of likely N-dealkylation sites (tertiary alicyclic amines) is 1. The van der Waals surface area contributed by atoms with Crippen molar-refractivity contribution in [3.05, 3.63) is 42.0 Å². The molecule has 1 atom stereocenters. The smallest absolute Gasteiger partial charge is 0.231 e. The third-order valence-corrected chi connectivity index (χ3v) is 5.27. The first-order valence-electron chi connectivity index (χ1n) is 9.35. The molecule has 2 aromatic carbocycles. The Balaban J connectivity index is 1.60. The van der Waals surface area contributed by atoms with Gasteiger partial charge in [0.2, 0.25) is 11.8 Å². The van der Waals surface area contributed by atoms with Gasteiger partial charge in [0.05, 0.1) is 19.7 Å². The van der Waals surface area contributed by atoms with Gasteiger partial charge in [0.1, 0.15) is 5.75 Å². The van der Waals surface area contributed by atoms with Crippen molar-refractivity contribution in [2.45, 2.75) is 25.8 Å². The largest absolute Gasteiger partial charge is 0.497 e. The minimum Gasteiger partial charge on any atom is -0.497 e. The van der Waals surface area contributed by atoms with Gasteiger partial charge in [-0.05, 0) is 67.4 Å². The number of primary amides is 1. The zero-order valence-corrected chi connectivity index (χ0v) is 15.9. The zero-order chi connectivity index (χ0) is 19.4. The topological polar surface area (TPSA) is 84.7 Å². The Morgan fingerprint density at radius 3 is 2.52 bits per heavy atom. The summed E-state index contributed by atoms with van der Waals surface area (Å²) in [7, 11) is 1.66. The van der Waals surface area contributed by atoms with E-state index in [0.29, 0.717) is 0 Å². The second-order valence-electron chi connectivity index (χ2n) is 7.22. The van der Waals surface area contributed by atoms with Gasteiger partial charge in [-0.1, -0.05) is 18.2 Å². The van der Waals surface area contributed by atoms with E-state index < -0.39 is 0 Å². The van der Waals surface area contributed by atoms with Crippen molar-refractivity contribution in [1.82, 2.24) is 10.2 Å². The number of carbonyl (C=O) groups is 2. The maximum Gasteiger partial charge on any atom is 0.231 e. The monoisotopic (exact) mass is 369 g/mol. The zero-order valence-electron chi connectivity index (χ0n) is 15.9. The average Bonchev–Trinajstić information content (AvgIpc) is 2.67. The SMILES string of the molecule is COc1ccc2cc([C@H](C)NC(=O)C3CCN(CC(N)=O)CC3)ccc2c1. The van der Waals surface area contributed by atoms with Crippen LogP contribution < -0.4 is 15.8 Å². The summed E-state index contributed by atoms with van der Waals surface area (Å²) in [6.45, 7) is 3.73. The van der Waals surface area contributed by atoms with Crippen LogP contribution in [0.5, 0.6) is 5.75 Å². The van der Waals surface area contributed by atoms with Gasteiger partial charge in [0, 0.05) is 5.92 Å². The van der Waals surface area contributed by atoms with Crippen LogP contribution in [0.2, 0.25) is 0 Å². The number of fused-ring (bicyclic) bond motifs is 1. The molecule has 0 bridgehead atoms. The van der Waals surface area contributed by atoms with Crippen molar-refractivity contribution in [2.24, 2.45) is 11.7 Å².